The molecule has 3 heteroatoms. The Kier molecular flexibility index (Phi) is 4.99. The Morgan fingerprint density at radius 1 is 1.38 bits per heavy atom. The van der Waals surface area contributed by atoms with Crippen molar-refractivity contribution >= 4 is 5.91 Å². The molecule has 0 aliphatic rings. The average molecular weight is 220 g/mol. The summed E-state index contributed by atoms with van der Waals surface area (Å²) in [4.78, 5) is 13.6. The van der Waals surface area contributed by atoms with Crippen molar-refractivity contribution < 1.29 is 4.79 Å². The fourth-order valence-corrected chi connectivity index (χ4v) is 1.51. The number of nitrogens with one attached hydrogen (secondary N) is 1. The third-order valence-corrected chi connectivity index (χ3v) is 2.73. The van der Waals surface area contributed by atoms with Gasteiger partial charge < -0.3 is 10.2 Å². The molecule has 16 heavy (non-hydrogen) atoms. The van der Waals surface area contributed by atoms with Crippen LogP contribution in [0.15, 0.2) is 24.3 Å². The number of likely N-dealkylation sites (N-methyl/N-ethyl adjacent to an activating group) is 2. The molecule has 0 atom stereocenters. The monoisotopic (exact) mass is 220 g/mol. The predicted octanol–water partition coefficient (Wildman–Crippen LogP) is 1.22. The van der Waals surface area contributed by atoms with Crippen LogP contribution in [0.3, 0.4) is 0 Å². The Bertz CT molecular complexity index is 350. The van der Waals surface area contributed by atoms with E-state index in [4.69, 9.17) is 0 Å². The lowest BCUT2D eigenvalue weighted by Crippen LogP contribution is -2.33. The number of hydrogen-bond acceptors (Lipinski definition) is 2. The highest BCUT2D eigenvalue weighted by Crippen LogP contribution is 2.08. The summed E-state index contributed by atoms with van der Waals surface area (Å²) in [6, 6.07) is 8.02. The standard InChI is InChI=1S/C13H20N2O/c1-11-6-4-5-7-12(11)10-13(16)15(3)9-8-14-2/h4-7,14H,8-10H2,1-3H3. The minimum absolute atomic E-state index is 0.171. The smallest absolute Gasteiger partial charge is 0.226 e. The third-order valence-electron chi connectivity index (χ3n) is 2.73. The Morgan fingerprint density at radius 3 is 2.69 bits per heavy atom. The summed E-state index contributed by atoms with van der Waals surface area (Å²) in [6.07, 6.45) is 0.493. The van der Waals surface area contributed by atoms with Gasteiger partial charge in [-0.25, -0.2) is 0 Å². The maximum absolute atomic E-state index is 11.9. The topological polar surface area (TPSA) is 32.3 Å². The second-order valence-electron chi connectivity index (χ2n) is 4.02. The molecule has 1 rings (SSSR count). The zero-order chi connectivity index (χ0) is 12.0. The van der Waals surface area contributed by atoms with Crippen molar-refractivity contribution in [3.8, 4) is 0 Å². The van der Waals surface area contributed by atoms with Gasteiger partial charge in [0.2, 0.25) is 5.91 Å². The summed E-state index contributed by atoms with van der Waals surface area (Å²) in [7, 11) is 3.73. The van der Waals surface area contributed by atoms with E-state index >= 15 is 0 Å². The van der Waals surface area contributed by atoms with E-state index in [1.165, 1.54) is 5.56 Å². The Balaban J connectivity index is 2.54. The van der Waals surface area contributed by atoms with Crippen LogP contribution in [0.1, 0.15) is 11.1 Å². The molecule has 1 N–H and O–H groups in total. The number of carbonyl (C=O) groups excluding carboxylic acids is 1. The number of rotatable bonds is 5. The summed E-state index contributed by atoms with van der Waals surface area (Å²) < 4.78 is 0. The van der Waals surface area contributed by atoms with Gasteiger partial charge in [0.05, 0.1) is 6.42 Å². The Morgan fingerprint density at radius 2 is 2.06 bits per heavy atom. The SMILES string of the molecule is CNCCN(C)C(=O)Cc1ccccc1C. The number of hydrogen-bond donors (Lipinski definition) is 1. The van der Waals surface area contributed by atoms with Crippen molar-refractivity contribution in [2.75, 3.05) is 27.2 Å². The van der Waals surface area contributed by atoms with Gasteiger partial charge in [0.1, 0.15) is 0 Å². The van der Waals surface area contributed by atoms with Crippen LogP contribution in [-0.4, -0.2) is 38.0 Å². The molecule has 0 spiro atoms. The number of nitrogens with zero attached hydrogens (tertiary/aromatic N) is 1. The normalized spacial score (nSPS) is 10.2. The quantitative estimate of drug-likeness (QED) is 0.809. The molecule has 0 unspecified atom stereocenters. The highest BCUT2D eigenvalue weighted by molar-refractivity contribution is 5.78. The summed E-state index contributed by atoms with van der Waals surface area (Å²) in [5.74, 6) is 0.171. The maximum atomic E-state index is 11.9. The first-order valence-corrected chi connectivity index (χ1v) is 5.58. The molecule has 0 aliphatic heterocycles. The summed E-state index contributed by atoms with van der Waals surface area (Å²) in [6.45, 7) is 3.62. The molecular weight excluding hydrogens is 200 g/mol. The van der Waals surface area contributed by atoms with Crippen LogP contribution in [0.25, 0.3) is 0 Å². The molecule has 1 amide bonds. The minimum atomic E-state index is 0.171. The van der Waals surface area contributed by atoms with Crippen molar-refractivity contribution in [1.82, 2.24) is 10.2 Å². The van der Waals surface area contributed by atoms with E-state index in [0.717, 1.165) is 18.7 Å². The van der Waals surface area contributed by atoms with Crippen LogP contribution in [0.4, 0.5) is 0 Å². The Labute approximate surface area is 97.5 Å². The molecule has 0 bridgehead atoms. The van der Waals surface area contributed by atoms with Crippen molar-refractivity contribution in [1.29, 1.82) is 0 Å². The van der Waals surface area contributed by atoms with Crippen LogP contribution in [0.5, 0.6) is 0 Å². The van der Waals surface area contributed by atoms with E-state index in [1.807, 2.05) is 45.3 Å². The van der Waals surface area contributed by atoms with Crippen molar-refractivity contribution in [2.24, 2.45) is 0 Å². The molecule has 1 aromatic carbocycles. The highest BCUT2D eigenvalue weighted by atomic mass is 16.2. The van der Waals surface area contributed by atoms with Gasteiger partial charge in [0, 0.05) is 20.1 Å². The van der Waals surface area contributed by atoms with E-state index in [-0.39, 0.29) is 5.91 Å². The van der Waals surface area contributed by atoms with Crippen LogP contribution in [-0.2, 0) is 11.2 Å². The fraction of sp³-hybridized carbons (Fsp3) is 0.462. The lowest BCUT2D eigenvalue weighted by Gasteiger charge is -2.17. The van der Waals surface area contributed by atoms with Gasteiger partial charge in [-0.15, -0.1) is 0 Å². The molecule has 0 saturated carbocycles. The number of amides is 1. The summed E-state index contributed by atoms with van der Waals surface area (Å²) in [5.41, 5.74) is 2.29. The molecule has 0 heterocycles. The minimum Gasteiger partial charge on any atom is -0.344 e. The molecule has 1 aromatic rings. The molecule has 3 nitrogen and oxygen atoms in total. The maximum Gasteiger partial charge on any atom is 0.226 e. The average Bonchev–Trinajstić information content (AvgIpc) is 2.28. The molecule has 88 valence electrons. The lowest BCUT2D eigenvalue weighted by atomic mass is 10.1. The first-order valence-electron chi connectivity index (χ1n) is 5.58. The highest BCUT2D eigenvalue weighted by Gasteiger charge is 2.09. The van der Waals surface area contributed by atoms with E-state index in [0.29, 0.717) is 6.42 Å². The molecule has 0 saturated heterocycles. The van der Waals surface area contributed by atoms with Crippen molar-refractivity contribution in [3.63, 3.8) is 0 Å². The predicted molar refractivity (Wildman–Crippen MR) is 66.4 cm³/mol. The summed E-state index contributed by atoms with van der Waals surface area (Å²) >= 11 is 0. The fourth-order valence-electron chi connectivity index (χ4n) is 1.51. The second kappa shape index (κ2) is 6.28. The molecule has 0 radical (unpaired) electrons. The van der Waals surface area contributed by atoms with Crippen LogP contribution < -0.4 is 5.32 Å². The second-order valence-corrected chi connectivity index (χ2v) is 4.02. The first kappa shape index (κ1) is 12.7. The van der Waals surface area contributed by atoms with Gasteiger partial charge in [-0.1, -0.05) is 24.3 Å². The molecule has 0 aliphatic carbocycles. The van der Waals surface area contributed by atoms with Gasteiger partial charge in [-0.2, -0.15) is 0 Å². The number of benzene rings is 1. The van der Waals surface area contributed by atoms with Crippen LogP contribution in [0, 0.1) is 6.92 Å². The van der Waals surface area contributed by atoms with Gasteiger partial charge in [-0.05, 0) is 25.1 Å². The van der Waals surface area contributed by atoms with Crippen LogP contribution in [0.2, 0.25) is 0 Å². The van der Waals surface area contributed by atoms with Crippen molar-refractivity contribution in [2.45, 2.75) is 13.3 Å². The Hall–Kier alpha value is -1.35. The van der Waals surface area contributed by atoms with E-state index in [9.17, 15) is 4.79 Å². The largest absolute Gasteiger partial charge is 0.344 e. The third kappa shape index (κ3) is 3.66. The first-order chi connectivity index (χ1) is 7.65. The zero-order valence-corrected chi connectivity index (χ0v) is 10.3. The van der Waals surface area contributed by atoms with Crippen LogP contribution >= 0.6 is 0 Å². The van der Waals surface area contributed by atoms with E-state index in [2.05, 4.69) is 5.32 Å². The van der Waals surface area contributed by atoms with Gasteiger partial charge in [0.15, 0.2) is 0 Å². The molecular formula is C13H20N2O. The van der Waals surface area contributed by atoms with Gasteiger partial charge in [0.25, 0.3) is 0 Å². The van der Waals surface area contributed by atoms with Gasteiger partial charge >= 0.3 is 0 Å². The van der Waals surface area contributed by atoms with Gasteiger partial charge in [-0.3, -0.25) is 4.79 Å². The van der Waals surface area contributed by atoms with E-state index < -0.39 is 0 Å². The zero-order valence-electron chi connectivity index (χ0n) is 10.3. The number of aryl methyl sites for hydroxylation is 1. The van der Waals surface area contributed by atoms with Crippen molar-refractivity contribution in [3.05, 3.63) is 35.4 Å². The molecule has 0 fully saturated rings. The number of carbonyl (C=O) groups is 1. The summed E-state index contributed by atoms with van der Waals surface area (Å²) in [5, 5.41) is 3.03. The molecule has 0 aromatic heterocycles. The lowest BCUT2D eigenvalue weighted by molar-refractivity contribution is -0.129. The van der Waals surface area contributed by atoms with E-state index in [1.54, 1.807) is 4.90 Å².